The summed E-state index contributed by atoms with van der Waals surface area (Å²) in [4.78, 5) is 3.82. The molecule has 1 aliphatic heterocycles. The molecule has 0 spiro atoms. The molecule has 0 aliphatic carbocycles. The molecule has 0 aromatic heterocycles. The fourth-order valence-corrected chi connectivity index (χ4v) is 2.95. The van der Waals surface area contributed by atoms with E-state index in [1.165, 1.54) is 22.8 Å². The average molecular weight is 222 g/mol. The zero-order chi connectivity index (χ0) is 10.7. The molecule has 0 saturated heterocycles. The van der Waals surface area contributed by atoms with Gasteiger partial charge < -0.3 is 10.6 Å². The number of hydrogen-bond donors (Lipinski definition) is 1. The Morgan fingerprint density at radius 1 is 1.47 bits per heavy atom. The van der Waals surface area contributed by atoms with Gasteiger partial charge in [0.1, 0.15) is 0 Å². The van der Waals surface area contributed by atoms with E-state index in [9.17, 15) is 0 Å². The van der Waals surface area contributed by atoms with Crippen molar-refractivity contribution in [2.24, 2.45) is 5.73 Å². The fraction of sp³-hybridized carbons (Fsp3) is 0.500. The van der Waals surface area contributed by atoms with E-state index in [4.69, 9.17) is 5.73 Å². The second-order valence-corrected chi connectivity index (χ2v) is 5.23. The fourth-order valence-electron chi connectivity index (χ4n) is 1.94. The number of anilines is 1. The molecular weight excluding hydrogens is 204 g/mol. The summed E-state index contributed by atoms with van der Waals surface area (Å²) >= 11 is 1.96. The second kappa shape index (κ2) is 4.90. The molecule has 1 unspecified atom stereocenters. The topological polar surface area (TPSA) is 29.3 Å². The summed E-state index contributed by atoms with van der Waals surface area (Å²) in [5.41, 5.74) is 7.24. The van der Waals surface area contributed by atoms with E-state index >= 15 is 0 Å². The molecule has 0 fully saturated rings. The SMILES string of the molecule is CC(N)CN1CCCSc2ccccc21. The maximum atomic E-state index is 5.88. The number of fused-ring (bicyclic) bond motifs is 1. The summed E-state index contributed by atoms with van der Waals surface area (Å²) in [6.07, 6.45) is 1.24. The Balaban J connectivity index is 2.24. The van der Waals surface area contributed by atoms with Gasteiger partial charge in [-0.3, -0.25) is 0 Å². The zero-order valence-corrected chi connectivity index (χ0v) is 9.96. The number of nitrogens with zero attached hydrogens (tertiary/aromatic N) is 1. The molecule has 1 atom stereocenters. The highest BCUT2D eigenvalue weighted by atomic mass is 32.2. The van der Waals surface area contributed by atoms with Crippen LogP contribution in [0.25, 0.3) is 0 Å². The van der Waals surface area contributed by atoms with Crippen LogP contribution in [0.3, 0.4) is 0 Å². The second-order valence-electron chi connectivity index (χ2n) is 4.09. The van der Waals surface area contributed by atoms with Gasteiger partial charge >= 0.3 is 0 Å². The minimum absolute atomic E-state index is 0.237. The first kappa shape index (κ1) is 10.8. The molecule has 1 aromatic rings. The first-order valence-corrected chi connectivity index (χ1v) is 6.48. The Kier molecular flexibility index (Phi) is 3.54. The van der Waals surface area contributed by atoms with E-state index in [0.717, 1.165) is 13.1 Å². The number of rotatable bonds is 2. The lowest BCUT2D eigenvalue weighted by molar-refractivity contribution is 0.669. The zero-order valence-electron chi connectivity index (χ0n) is 9.15. The summed E-state index contributed by atoms with van der Waals surface area (Å²) < 4.78 is 0. The average Bonchev–Trinajstić information content (AvgIpc) is 2.41. The van der Waals surface area contributed by atoms with Crippen molar-refractivity contribution >= 4 is 17.4 Å². The van der Waals surface area contributed by atoms with Crippen LogP contribution in [0.15, 0.2) is 29.2 Å². The minimum atomic E-state index is 0.237. The van der Waals surface area contributed by atoms with Crippen LogP contribution in [0.1, 0.15) is 13.3 Å². The number of benzene rings is 1. The van der Waals surface area contributed by atoms with Gasteiger partial charge in [0.15, 0.2) is 0 Å². The molecule has 1 aliphatic rings. The number of nitrogens with two attached hydrogens (primary N) is 1. The molecule has 2 nitrogen and oxygen atoms in total. The quantitative estimate of drug-likeness (QED) is 0.833. The third-order valence-corrected chi connectivity index (χ3v) is 3.69. The molecule has 1 aromatic carbocycles. The Morgan fingerprint density at radius 3 is 3.07 bits per heavy atom. The lowest BCUT2D eigenvalue weighted by atomic mass is 10.2. The largest absolute Gasteiger partial charge is 0.369 e. The summed E-state index contributed by atoms with van der Waals surface area (Å²) in [6.45, 7) is 4.16. The summed E-state index contributed by atoms with van der Waals surface area (Å²) in [5.74, 6) is 1.21. The van der Waals surface area contributed by atoms with Crippen molar-refractivity contribution in [1.29, 1.82) is 0 Å². The monoisotopic (exact) mass is 222 g/mol. The highest BCUT2D eigenvalue weighted by Gasteiger charge is 2.15. The van der Waals surface area contributed by atoms with Gasteiger partial charge in [-0.05, 0) is 31.2 Å². The lowest BCUT2D eigenvalue weighted by Gasteiger charge is -2.26. The van der Waals surface area contributed by atoms with Crippen molar-refractivity contribution in [1.82, 2.24) is 0 Å². The maximum Gasteiger partial charge on any atom is 0.0504 e. The van der Waals surface area contributed by atoms with Crippen molar-refractivity contribution in [2.75, 3.05) is 23.7 Å². The van der Waals surface area contributed by atoms with Crippen molar-refractivity contribution in [3.05, 3.63) is 24.3 Å². The van der Waals surface area contributed by atoms with Gasteiger partial charge in [0, 0.05) is 24.0 Å². The van der Waals surface area contributed by atoms with Gasteiger partial charge in [0.2, 0.25) is 0 Å². The summed E-state index contributed by atoms with van der Waals surface area (Å²) in [5, 5.41) is 0. The van der Waals surface area contributed by atoms with E-state index in [1.54, 1.807) is 0 Å². The van der Waals surface area contributed by atoms with Gasteiger partial charge in [-0.25, -0.2) is 0 Å². The Morgan fingerprint density at radius 2 is 2.27 bits per heavy atom. The maximum absolute atomic E-state index is 5.88. The van der Waals surface area contributed by atoms with Crippen LogP contribution in [-0.4, -0.2) is 24.9 Å². The Bertz CT molecular complexity index is 325. The van der Waals surface area contributed by atoms with E-state index in [1.807, 2.05) is 11.8 Å². The minimum Gasteiger partial charge on any atom is -0.369 e. The molecule has 0 bridgehead atoms. The third kappa shape index (κ3) is 2.67. The Hall–Kier alpha value is -0.670. The molecule has 0 radical (unpaired) electrons. The first-order valence-electron chi connectivity index (χ1n) is 5.50. The first-order chi connectivity index (χ1) is 7.27. The molecule has 2 rings (SSSR count). The predicted octanol–water partition coefficient (Wildman–Crippen LogP) is 2.34. The number of para-hydroxylation sites is 1. The number of thioether (sulfide) groups is 1. The standard InChI is InChI=1S/C12H18N2S/c1-10(13)9-14-7-4-8-15-12-6-3-2-5-11(12)14/h2-3,5-6,10H,4,7-9,13H2,1H3. The molecule has 1 heterocycles. The summed E-state index contributed by atoms with van der Waals surface area (Å²) in [6, 6.07) is 8.87. The predicted molar refractivity (Wildman–Crippen MR) is 67.6 cm³/mol. The molecule has 2 N–H and O–H groups in total. The molecule has 15 heavy (non-hydrogen) atoms. The molecule has 0 amide bonds. The molecule has 82 valence electrons. The van der Waals surface area contributed by atoms with Crippen molar-refractivity contribution < 1.29 is 0 Å². The van der Waals surface area contributed by atoms with Crippen LogP contribution >= 0.6 is 11.8 Å². The van der Waals surface area contributed by atoms with Gasteiger partial charge in [0.25, 0.3) is 0 Å². The third-order valence-electron chi connectivity index (χ3n) is 2.54. The highest BCUT2D eigenvalue weighted by Crippen LogP contribution is 2.33. The van der Waals surface area contributed by atoms with Crippen LogP contribution in [0.5, 0.6) is 0 Å². The van der Waals surface area contributed by atoms with E-state index in [0.29, 0.717) is 0 Å². The normalized spacial score (nSPS) is 18.1. The van der Waals surface area contributed by atoms with Gasteiger partial charge in [-0.15, -0.1) is 11.8 Å². The van der Waals surface area contributed by atoms with Crippen molar-refractivity contribution in [2.45, 2.75) is 24.3 Å². The van der Waals surface area contributed by atoms with Gasteiger partial charge in [-0.1, -0.05) is 12.1 Å². The molecule has 3 heteroatoms. The van der Waals surface area contributed by atoms with E-state index < -0.39 is 0 Å². The lowest BCUT2D eigenvalue weighted by Crippen LogP contribution is -2.36. The van der Waals surface area contributed by atoms with E-state index in [-0.39, 0.29) is 6.04 Å². The Labute approximate surface area is 95.8 Å². The van der Waals surface area contributed by atoms with E-state index in [2.05, 4.69) is 36.1 Å². The summed E-state index contributed by atoms with van der Waals surface area (Å²) in [7, 11) is 0. The van der Waals surface area contributed by atoms with Gasteiger partial charge in [0.05, 0.1) is 5.69 Å². The van der Waals surface area contributed by atoms with Crippen molar-refractivity contribution in [3.8, 4) is 0 Å². The smallest absolute Gasteiger partial charge is 0.0504 e. The van der Waals surface area contributed by atoms with Crippen LogP contribution in [0.2, 0.25) is 0 Å². The molecule has 0 saturated carbocycles. The molecular formula is C12H18N2S. The van der Waals surface area contributed by atoms with Gasteiger partial charge in [-0.2, -0.15) is 0 Å². The van der Waals surface area contributed by atoms with Crippen LogP contribution in [-0.2, 0) is 0 Å². The number of hydrogen-bond acceptors (Lipinski definition) is 3. The van der Waals surface area contributed by atoms with Crippen molar-refractivity contribution in [3.63, 3.8) is 0 Å². The van der Waals surface area contributed by atoms with Crippen LogP contribution < -0.4 is 10.6 Å². The van der Waals surface area contributed by atoms with Crippen LogP contribution in [0.4, 0.5) is 5.69 Å². The highest BCUT2D eigenvalue weighted by molar-refractivity contribution is 7.99. The van der Waals surface area contributed by atoms with Crippen LogP contribution in [0, 0.1) is 0 Å².